The SMILES string of the molecule is COCC1CCCN1c1cc2nc(SCc3nccc(OC)c3C)[nH]c2cc1F. The Bertz CT molecular complexity index is 1010. The van der Waals surface area contributed by atoms with Crippen LogP contribution in [-0.4, -0.2) is 48.4 Å². The maximum absolute atomic E-state index is 14.8. The number of aromatic amines is 1. The third kappa shape index (κ3) is 4.04. The van der Waals surface area contributed by atoms with Gasteiger partial charge in [-0.1, -0.05) is 11.8 Å². The second kappa shape index (κ2) is 8.59. The summed E-state index contributed by atoms with van der Waals surface area (Å²) in [6, 6.07) is 5.44. The van der Waals surface area contributed by atoms with Gasteiger partial charge in [0.2, 0.25) is 0 Å². The van der Waals surface area contributed by atoms with Crippen LogP contribution < -0.4 is 9.64 Å². The van der Waals surface area contributed by atoms with E-state index in [2.05, 4.69) is 19.9 Å². The molecule has 0 bridgehead atoms. The number of nitrogens with zero attached hydrogens (tertiary/aromatic N) is 3. The first-order valence-electron chi connectivity index (χ1n) is 9.66. The lowest BCUT2D eigenvalue weighted by atomic mass is 10.2. The Labute approximate surface area is 173 Å². The van der Waals surface area contributed by atoms with Gasteiger partial charge in [-0.3, -0.25) is 4.98 Å². The molecule has 154 valence electrons. The zero-order valence-electron chi connectivity index (χ0n) is 16.9. The number of ether oxygens (including phenoxy) is 2. The molecule has 1 aliphatic rings. The number of methoxy groups -OCH3 is 2. The van der Waals surface area contributed by atoms with Gasteiger partial charge in [-0.25, -0.2) is 9.37 Å². The van der Waals surface area contributed by atoms with Crippen LogP contribution in [0, 0.1) is 12.7 Å². The lowest BCUT2D eigenvalue weighted by Crippen LogP contribution is -2.33. The number of hydrogen-bond donors (Lipinski definition) is 1. The highest BCUT2D eigenvalue weighted by Crippen LogP contribution is 2.33. The fraction of sp³-hybridized carbons (Fsp3) is 0.429. The Kier molecular flexibility index (Phi) is 5.91. The maximum atomic E-state index is 14.8. The predicted octanol–water partition coefficient (Wildman–Crippen LogP) is 4.32. The number of imidazole rings is 1. The highest BCUT2D eigenvalue weighted by molar-refractivity contribution is 7.98. The number of pyridine rings is 1. The number of halogens is 1. The van der Waals surface area contributed by atoms with E-state index in [1.165, 1.54) is 0 Å². The van der Waals surface area contributed by atoms with Crippen LogP contribution in [0.2, 0.25) is 0 Å². The first kappa shape index (κ1) is 20.0. The summed E-state index contributed by atoms with van der Waals surface area (Å²) in [6.07, 6.45) is 3.80. The van der Waals surface area contributed by atoms with Crippen molar-refractivity contribution in [2.24, 2.45) is 0 Å². The van der Waals surface area contributed by atoms with Crippen LogP contribution in [0.25, 0.3) is 11.0 Å². The maximum Gasteiger partial charge on any atom is 0.166 e. The second-order valence-corrected chi connectivity index (χ2v) is 8.15. The summed E-state index contributed by atoms with van der Waals surface area (Å²) in [5, 5.41) is 0.746. The van der Waals surface area contributed by atoms with Crippen molar-refractivity contribution in [1.82, 2.24) is 15.0 Å². The number of rotatable bonds is 7. The molecule has 3 aromatic rings. The summed E-state index contributed by atoms with van der Waals surface area (Å²) >= 11 is 1.54. The highest BCUT2D eigenvalue weighted by Gasteiger charge is 2.27. The van der Waals surface area contributed by atoms with Gasteiger partial charge in [-0.2, -0.15) is 0 Å². The topological polar surface area (TPSA) is 63.3 Å². The van der Waals surface area contributed by atoms with Crippen LogP contribution in [0.1, 0.15) is 24.1 Å². The van der Waals surface area contributed by atoms with Gasteiger partial charge in [-0.05, 0) is 31.9 Å². The summed E-state index contributed by atoms with van der Waals surface area (Å²) in [4.78, 5) is 14.4. The molecular weight excluding hydrogens is 391 g/mol. The molecule has 1 aromatic carbocycles. The molecule has 3 heterocycles. The molecule has 6 nitrogen and oxygen atoms in total. The van der Waals surface area contributed by atoms with E-state index in [1.54, 1.807) is 38.2 Å². The molecule has 1 N–H and O–H groups in total. The lowest BCUT2D eigenvalue weighted by molar-refractivity contribution is 0.180. The van der Waals surface area contributed by atoms with Crippen molar-refractivity contribution in [3.8, 4) is 5.75 Å². The summed E-state index contributed by atoms with van der Waals surface area (Å²) in [7, 11) is 3.34. The molecule has 29 heavy (non-hydrogen) atoms. The summed E-state index contributed by atoms with van der Waals surface area (Å²) in [5.41, 5.74) is 4.03. The van der Waals surface area contributed by atoms with Gasteiger partial charge in [0.25, 0.3) is 0 Å². The van der Waals surface area contributed by atoms with Crippen molar-refractivity contribution >= 4 is 28.5 Å². The van der Waals surface area contributed by atoms with Crippen LogP contribution in [0.4, 0.5) is 10.1 Å². The minimum atomic E-state index is -0.231. The molecule has 0 radical (unpaired) electrons. The summed E-state index contributed by atoms with van der Waals surface area (Å²) < 4.78 is 25.5. The van der Waals surface area contributed by atoms with E-state index in [9.17, 15) is 4.39 Å². The molecule has 0 saturated carbocycles. The molecular formula is C21H25FN4O2S. The van der Waals surface area contributed by atoms with Crippen LogP contribution >= 0.6 is 11.8 Å². The van der Waals surface area contributed by atoms with Gasteiger partial charge in [0.05, 0.1) is 42.2 Å². The molecule has 1 fully saturated rings. The largest absolute Gasteiger partial charge is 0.496 e. The molecule has 2 aromatic heterocycles. The number of thioether (sulfide) groups is 1. The summed E-state index contributed by atoms with van der Waals surface area (Å²) in [5.74, 6) is 1.24. The van der Waals surface area contributed by atoms with Gasteiger partial charge in [-0.15, -0.1) is 0 Å². The van der Waals surface area contributed by atoms with Gasteiger partial charge < -0.3 is 19.4 Å². The average Bonchev–Trinajstić information content (AvgIpc) is 3.33. The quantitative estimate of drug-likeness (QED) is 0.579. The predicted molar refractivity (Wildman–Crippen MR) is 113 cm³/mol. The fourth-order valence-electron chi connectivity index (χ4n) is 3.87. The van der Waals surface area contributed by atoms with Crippen molar-refractivity contribution in [1.29, 1.82) is 0 Å². The van der Waals surface area contributed by atoms with Crippen molar-refractivity contribution in [2.75, 3.05) is 32.3 Å². The Morgan fingerprint density at radius 1 is 1.34 bits per heavy atom. The molecule has 0 spiro atoms. The van der Waals surface area contributed by atoms with E-state index in [4.69, 9.17) is 9.47 Å². The Morgan fingerprint density at radius 2 is 2.21 bits per heavy atom. The Morgan fingerprint density at radius 3 is 3.00 bits per heavy atom. The minimum absolute atomic E-state index is 0.210. The van der Waals surface area contributed by atoms with Gasteiger partial charge >= 0.3 is 0 Å². The van der Waals surface area contributed by atoms with E-state index in [1.807, 2.05) is 19.1 Å². The summed E-state index contributed by atoms with van der Waals surface area (Å²) in [6.45, 7) is 3.43. The van der Waals surface area contributed by atoms with Crippen LogP contribution in [0.15, 0.2) is 29.6 Å². The molecule has 8 heteroatoms. The normalized spacial score (nSPS) is 16.7. The van der Waals surface area contributed by atoms with Crippen LogP contribution in [0.5, 0.6) is 5.75 Å². The lowest BCUT2D eigenvalue weighted by Gasteiger charge is -2.26. The van der Waals surface area contributed by atoms with Gasteiger partial charge in [0.1, 0.15) is 11.6 Å². The van der Waals surface area contributed by atoms with E-state index >= 15 is 0 Å². The smallest absolute Gasteiger partial charge is 0.166 e. The van der Waals surface area contributed by atoms with E-state index < -0.39 is 0 Å². The minimum Gasteiger partial charge on any atom is -0.496 e. The van der Waals surface area contributed by atoms with E-state index in [0.29, 0.717) is 23.6 Å². The highest BCUT2D eigenvalue weighted by atomic mass is 32.2. The zero-order valence-corrected chi connectivity index (χ0v) is 17.7. The number of aromatic nitrogens is 3. The zero-order chi connectivity index (χ0) is 20.4. The van der Waals surface area contributed by atoms with Gasteiger partial charge in [0.15, 0.2) is 5.16 Å². The molecule has 1 saturated heterocycles. The first-order chi connectivity index (χ1) is 14.1. The first-order valence-corrected chi connectivity index (χ1v) is 10.7. The van der Waals surface area contributed by atoms with Crippen molar-refractivity contribution in [3.05, 3.63) is 41.5 Å². The van der Waals surface area contributed by atoms with E-state index in [-0.39, 0.29) is 11.9 Å². The Hall–Kier alpha value is -2.32. The monoisotopic (exact) mass is 416 g/mol. The molecule has 1 aliphatic heterocycles. The molecule has 1 unspecified atom stereocenters. The third-order valence-electron chi connectivity index (χ3n) is 5.40. The fourth-order valence-corrected chi connectivity index (χ4v) is 4.77. The van der Waals surface area contributed by atoms with Crippen molar-refractivity contribution in [3.63, 3.8) is 0 Å². The molecule has 4 rings (SSSR count). The van der Waals surface area contributed by atoms with Crippen LogP contribution in [0.3, 0.4) is 0 Å². The average molecular weight is 417 g/mol. The van der Waals surface area contributed by atoms with Crippen molar-refractivity contribution < 1.29 is 13.9 Å². The second-order valence-electron chi connectivity index (χ2n) is 7.18. The van der Waals surface area contributed by atoms with Crippen molar-refractivity contribution in [2.45, 2.75) is 36.7 Å². The number of nitrogens with one attached hydrogen (secondary N) is 1. The third-order valence-corrected chi connectivity index (χ3v) is 6.28. The number of fused-ring (bicyclic) bond motifs is 1. The molecule has 0 amide bonds. The number of hydrogen-bond acceptors (Lipinski definition) is 6. The number of benzene rings is 1. The molecule has 1 atom stereocenters. The standard InChI is InChI=1S/C21H25FN4O2S/c1-13-18(23-7-6-20(13)28-3)12-29-21-24-16-9-15(22)19(10-17(16)25-21)26-8-4-5-14(26)11-27-2/h6-7,9-10,14H,4-5,8,11-12H2,1-3H3,(H,24,25). The van der Waals surface area contributed by atoms with E-state index in [0.717, 1.165) is 47.1 Å². The Balaban J connectivity index is 1.55. The number of anilines is 1. The van der Waals surface area contributed by atoms with Gasteiger partial charge in [0, 0.05) is 37.2 Å². The molecule has 0 aliphatic carbocycles. The number of H-pyrrole nitrogens is 1. The van der Waals surface area contributed by atoms with Crippen LogP contribution in [-0.2, 0) is 10.5 Å².